The zero-order chi connectivity index (χ0) is 17.9. The van der Waals surface area contributed by atoms with Gasteiger partial charge in [-0.3, -0.25) is 4.79 Å². The van der Waals surface area contributed by atoms with Crippen molar-refractivity contribution in [2.24, 2.45) is 0 Å². The minimum absolute atomic E-state index is 0.0483. The standard InChI is InChI=1S/C18H19FN2O3S/c19-16-8-4-5-9-17(16)20-12-18(22)21(14-6-2-1-3-7-14)15-10-11-25(23,24)13-15/h1-9,15,20H,10-13H2/t15-/m1/s1. The van der Waals surface area contributed by atoms with Crippen LogP contribution < -0.4 is 10.2 Å². The molecule has 0 saturated carbocycles. The van der Waals surface area contributed by atoms with E-state index in [1.165, 1.54) is 11.0 Å². The van der Waals surface area contributed by atoms with Gasteiger partial charge in [-0.25, -0.2) is 12.8 Å². The van der Waals surface area contributed by atoms with Crippen LogP contribution in [0.2, 0.25) is 0 Å². The Morgan fingerprint density at radius 1 is 1.12 bits per heavy atom. The molecule has 0 spiro atoms. The molecule has 3 rings (SSSR count). The summed E-state index contributed by atoms with van der Waals surface area (Å²) in [4.78, 5) is 14.3. The van der Waals surface area contributed by atoms with Crippen LogP contribution in [0.3, 0.4) is 0 Å². The van der Waals surface area contributed by atoms with E-state index in [4.69, 9.17) is 0 Å². The zero-order valence-electron chi connectivity index (χ0n) is 13.6. The highest BCUT2D eigenvalue weighted by atomic mass is 32.2. The minimum Gasteiger partial charge on any atom is -0.374 e. The quantitative estimate of drug-likeness (QED) is 0.887. The van der Waals surface area contributed by atoms with Crippen molar-refractivity contribution < 1.29 is 17.6 Å². The molecule has 0 aliphatic carbocycles. The van der Waals surface area contributed by atoms with Crippen LogP contribution >= 0.6 is 0 Å². The van der Waals surface area contributed by atoms with Crippen LogP contribution in [0, 0.1) is 5.82 Å². The number of sulfone groups is 1. The lowest BCUT2D eigenvalue weighted by Gasteiger charge is -2.28. The van der Waals surface area contributed by atoms with Crippen molar-refractivity contribution in [2.45, 2.75) is 12.5 Å². The zero-order valence-corrected chi connectivity index (χ0v) is 14.4. The van der Waals surface area contributed by atoms with Crippen molar-refractivity contribution in [1.82, 2.24) is 0 Å². The van der Waals surface area contributed by atoms with E-state index < -0.39 is 21.7 Å². The molecule has 1 atom stereocenters. The van der Waals surface area contributed by atoms with Crippen molar-refractivity contribution in [3.63, 3.8) is 0 Å². The highest BCUT2D eigenvalue weighted by molar-refractivity contribution is 7.91. The summed E-state index contributed by atoms with van der Waals surface area (Å²) in [5, 5.41) is 2.79. The van der Waals surface area contributed by atoms with E-state index >= 15 is 0 Å². The maximum atomic E-state index is 13.7. The molecule has 0 bridgehead atoms. The van der Waals surface area contributed by atoms with Gasteiger partial charge in [0.1, 0.15) is 5.82 Å². The Labute approximate surface area is 146 Å². The predicted octanol–water partition coefficient (Wildman–Crippen LogP) is 2.46. The number of amides is 1. The Bertz CT molecular complexity index is 856. The topological polar surface area (TPSA) is 66.5 Å². The van der Waals surface area contributed by atoms with Crippen LogP contribution in [0.1, 0.15) is 6.42 Å². The van der Waals surface area contributed by atoms with Gasteiger partial charge >= 0.3 is 0 Å². The second-order valence-electron chi connectivity index (χ2n) is 5.99. The first-order chi connectivity index (χ1) is 12.0. The van der Waals surface area contributed by atoms with Gasteiger partial charge in [0.25, 0.3) is 0 Å². The Kier molecular flexibility index (Phi) is 5.03. The van der Waals surface area contributed by atoms with E-state index in [2.05, 4.69) is 5.32 Å². The van der Waals surface area contributed by atoms with Gasteiger partial charge in [0, 0.05) is 5.69 Å². The van der Waals surface area contributed by atoms with E-state index in [0.29, 0.717) is 12.1 Å². The molecule has 1 aliphatic rings. The summed E-state index contributed by atoms with van der Waals surface area (Å²) in [7, 11) is -3.13. The van der Waals surface area contributed by atoms with E-state index in [-0.39, 0.29) is 29.6 Å². The number of carbonyl (C=O) groups is 1. The number of nitrogens with zero attached hydrogens (tertiary/aromatic N) is 1. The summed E-state index contributed by atoms with van der Waals surface area (Å²) in [5.41, 5.74) is 0.882. The summed E-state index contributed by atoms with van der Waals surface area (Å²) in [6.07, 6.45) is 0.405. The lowest BCUT2D eigenvalue weighted by atomic mass is 10.1. The first-order valence-electron chi connectivity index (χ1n) is 8.02. The second-order valence-corrected chi connectivity index (χ2v) is 8.22. The normalized spacial score (nSPS) is 18.7. The molecule has 5 nitrogen and oxygen atoms in total. The molecule has 1 aliphatic heterocycles. The average Bonchev–Trinajstić information content (AvgIpc) is 2.95. The molecule has 2 aromatic carbocycles. The Balaban J connectivity index is 1.79. The van der Waals surface area contributed by atoms with Crippen LogP contribution in [0.15, 0.2) is 54.6 Å². The SMILES string of the molecule is O=C(CNc1ccccc1F)N(c1ccccc1)[C@@H]1CCS(=O)(=O)C1. The third kappa shape index (κ3) is 4.17. The third-order valence-corrected chi connectivity index (χ3v) is 5.93. The van der Waals surface area contributed by atoms with Crippen molar-refractivity contribution in [2.75, 3.05) is 28.3 Å². The maximum Gasteiger partial charge on any atom is 0.246 e. The van der Waals surface area contributed by atoms with Crippen LogP contribution in [0.25, 0.3) is 0 Å². The third-order valence-electron chi connectivity index (χ3n) is 4.18. The van der Waals surface area contributed by atoms with Crippen molar-refractivity contribution >= 4 is 27.1 Å². The lowest BCUT2D eigenvalue weighted by molar-refractivity contribution is -0.117. The molecular formula is C18H19FN2O3S. The fourth-order valence-corrected chi connectivity index (χ4v) is 4.69. The van der Waals surface area contributed by atoms with Crippen molar-refractivity contribution in [1.29, 1.82) is 0 Å². The smallest absolute Gasteiger partial charge is 0.246 e. The van der Waals surface area contributed by atoms with Crippen molar-refractivity contribution in [3.8, 4) is 0 Å². The number of rotatable bonds is 5. The van der Waals surface area contributed by atoms with Gasteiger partial charge in [0.05, 0.1) is 29.8 Å². The molecule has 0 radical (unpaired) electrons. The molecule has 132 valence electrons. The number of halogens is 1. The largest absolute Gasteiger partial charge is 0.374 e. The lowest BCUT2D eigenvalue weighted by Crippen LogP contribution is -2.44. The summed E-state index contributed by atoms with van der Waals surface area (Å²) < 4.78 is 37.3. The van der Waals surface area contributed by atoms with Crippen LogP contribution in [0.4, 0.5) is 15.8 Å². The Morgan fingerprint density at radius 2 is 1.80 bits per heavy atom. The molecule has 1 amide bonds. The van der Waals surface area contributed by atoms with Gasteiger partial charge in [0.15, 0.2) is 9.84 Å². The molecule has 1 fully saturated rings. The molecule has 1 N–H and O–H groups in total. The van der Waals surface area contributed by atoms with Crippen molar-refractivity contribution in [3.05, 3.63) is 60.4 Å². The van der Waals surface area contributed by atoms with Crippen LogP contribution in [-0.4, -0.2) is 38.4 Å². The number of hydrogen-bond donors (Lipinski definition) is 1. The van der Waals surface area contributed by atoms with Crippen LogP contribution in [0.5, 0.6) is 0 Å². The first-order valence-corrected chi connectivity index (χ1v) is 9.84. The predicted molar refractivity (Wildman–Crippen MR) is 95.9 cm³/mol. The first kappa shape index (κ1) is 17.4. The minimum atomic E-state index is -3.13. The maximum absolute atomic E-state index is 13.7. The molecule has 0 aromatic heterocycles. The van der Waals surface area contributed by atoms with Gasteiger partial charge in [-0.15, -0.1) is 0 Å². The molecule has 1 saturated heterocycles. The monoisotopic (exact) mass is 362 g/mol. The molecule has 1 heterocycles. The molecule has 0 unspecified atom stereocenters. The number of benzene rings is 2. The van der Waals surface area contributed by atoms with Gasteiger partial charge in [-0.05, 0) is 30.7 Å². The summed E-state index contributed by atoms with van der Waals surface area (Å²) in [5.74, 6) is -0.705. The van der Waals surface area contributed by atoms with E-state index in [9.17, 15) is 17.6 Å². The number of para-hydroxylation sites is 2. The molecule has 2 aromatic rings. The Hall–Kier alpha value is -2.41. The summed E-state index contributed by atoms with van der Waals surface area (Å²) >= 11 is 0. The van der Waals surface area contributed by atoms with E-state index in [0.717, 1.165) is 0 Å². The number of nitrogens with one attached hydrogen (secondary N) is 1. The fourth-order valence-electron chi connectivity index (χ4n) is 2.99. The highest BCUT2D eigenvalue weighted by Gasteiger charge is 2.35. The molecule has 25 heavy (non-hydrogen) atoms. The molecular weight excluding hydrogens is 343 g/mol. The second kappa shape index (κ2) is 7.23. The number of anilines is 2. The van der Waals surface area contributed by atoms with Gasteiger partial charge in [-0.2, -0.15) is 0 Å². The molecule has 7 heteroatoms. The highest BCUT2D eigenvalue weighted by Crippen LogP contribution is 2.24. The van der Waals surface area contributed by atoms with E-state index in [1.807, 2.05) is 6.07 Å². The Morgan fingerprint density at radius 3 is 2.44 bits per heavy atom. The van der Waals surface area contributed by atoms with Crippen LogP contribution in [-0.2, 0) is 14.6 Å². The van der Waals surface area contributed by atoms with Gasteiger partial charge in [0.2, 0.25) is 5.91 Å². The fraction of sp³-hybridized carbons (Fsp3) is 0.278. The average molecular weight is 362 g/mol. The number of hydrogen-bond acceptors (Lipinski definition) is 4. The van der Waals surface area contributed by atoms with Gasteiger partial charge in [-0.1, -0.05) is 30.3 Å². The summed E-state index contributed by atoms with van der Waals surface area (Å²) in [6, 6.07) is 14.7. The summed E-state index contributed by atoms with van der Waals surface area (Å²) in [6.45, 7) is -0.119. The van der Waals surface area contributed by atoms with E-state index in [1.54, 1.807) is 42.5 Å². The number of carbonyl (C=O) groups excluding carboxylic acids is 1. The van der Waals surface area contributed by atoms with Gasteiger partial charge < -0.3 is 10.2 Å².